The van der Waals surface area contributed by atoms with Crippen molar-refractivity contribution in [1.82, 2.24) is 5.32 Å². The Morgan fingerprint density at radius 2 is 1.58 bits per heavy atom. The van der Waals surface area contributed by atoms with Gasteiger partial charge in [-0.3, -0.25) is 4.79 Å². The molecule has 1 atom stereocenters. The zero-order valence-corrected chi connectivity index (χ0v) is 18.8. The van der Waals surface area contributed by atoms with Crippen molar-refractivity contribution in [3.8, 4) is 5.75 Å². The van der Waals surface area contributed by atoms with Crippen LogP contribution in [0.25, 0.3) is 0 Å². The first-order chi connectivity index (χ1) is 15.0. The molecule has 0 spiro atoms. The average molecular weight is 482 g/mol. The number of ether oxygens (including phenoxy) is 2. The number of benzene rings is 3. The van der Waals surface area contributed by atoms with Crippen LogP contribution in [0.2, 0.25) is 0 Å². The SMILES string of the molecule is COc1ccc(C(=O)N[C@H](CCc2ccc(Br)cc2)C(=O)OCc2ccccc2)cc1. The normalized spacial score (nSPS) is 11.4. The molecule has 31 heavy (non-hydrogen) atoms. The number of hydrogen-bond donors (Lipinski definition) is 1. The van der Waals surface area contributed by atoms with Crippen molar-refractivity contribution in [3.63, 3.8) is 0 Å². The number of hydrogen-bond acceptors (Lipinski definition) is 4. The minimum Gasteiger partial charge on any atom is -0.497 e. The maximum Gasteiger partial charge on any atom is 0.328 e. The van der Waals surface area contributed by atoms with E-state index in [2.05, 4.69) is 21.2 Å². The van der Waals surface area contributed by atoms with Crippen LogP contribution in [0.1, 0.15) is 27.9 Å². The lowest BCUT2D eigenvalue weighted by molar-refractivity contribution is -0.147. The summed E-state index contributed by atoms with van der Waals surface area (Å²) in [6.45, 7) is 0.160. The van der Waals surface area contributed by atoms with Gasteiger partial charge < -0.3 is 14.8 Å². The Hall–Kier alpha value is -3.12. The number of amides is 1. The monoisotopic (exact) mass is 481 g/mol. The summed E-state index contributed by atoms with van der Waals surface area (Å²) in [6, 6.07) is 23.3. The molecule has 0 radical (unpaired) electrons. The van der Waals surface area contributed by atoms with Gasteiger partial charge in [0.2, 0.25) is 0 Å². The summed E-state index contributed by atoms with van der Waals surface area (Å²) >= 11 is 3.42. The summed E-state index contributed by atoms with van der Waals surface area (Å²) in [6.07, 6.45) is 1.05. The zero-order valence-electron chi connectivity index (χ0n) is 17.2. The van der Waals surface area contributed by atoms with E-state index in [4.69, 9.17) is 9.47 Å². The minimum atomic E-state index is -0.762. The van der Waals surface area contributed by atoms with Crippen LogP contribution in [-0.4, -0.2) is 25.0 Å². The smallest absolute Gasteiger partial charge is 0.328 e. The Morgan fingerprint density at radius 1 is 0.903 bits per heavy atom. The Kier molecular flexibility index (Phi) is 8.24. The van der Waals surface area contributed by atoms with E-state index < -0.39 is 12.0 Å². The van der Waals surface area contributed by atoms with Crippen LogP contribution >= 0.6 is 15.9 Å². The van der Waals surface area contributed by atoms with E-state index in [1.807, 2.05) is 54.6 Å². The molecule has 0 unspecified atom stereocenters. The molecule has 160 valence electrons. The predicted octanol–water partition coefficient (Wildman–Crippen LogP) is 4.93. The maximum atomic E-state index is 12.8. The lowest BCUT2D eigenvalue weighted by atomic mass is 10.0. The second-order valence-corrected chi connectivity index (χ2v) is 7.93. The van der Waals surface area contributed by atoms with E-state index >= 15 is 0 Å². The van der Waals surface area contributed by atoms with Crippen molar-refractivity contribution in [2.75, 3.05) is 7.11 Å². The molecule has 3 rings (SSSR count). The molecular formula is C25H24BrNO4. The van der Waals surface area contributed by atoms with Crippen LogP contribution in [0.3, 0.4) is 0 Å². The van der Waals surface area contributed by atoms with Gasteiger partial charge in [-0.15, -0.1) is 0 Å². The van der Waals surface area contributed by atoms with Gasteiger partial charge in [0.15, 0.2) is 0 Å². The van der Waals surface area contributed by atoms with Crippen molar-refractivity contribution < 1.29 is 19.1 Å². The molecule has 0 fully saturated rings. The number of esters is 1. The van der Waals surface area contributed by atoms with Crippen molar-refractivity contribution in [2.24, 2.45) is 0 Å². The molecule has 0 aliphatic rings. The van der Waals surface area contributed by atoms with Crippen molar-refractivity contribution in [2.45, 2.75) is 25.5 Å². The topological polar surface area (TPSA) is 64.6 Å². The predicted molar refractivity (Wildman–Crippen MR) is 123 cm³/mol. The highest BCUT2D eigenvalue weighted by Gasteiger charge is 2.23. The number of aryl methyl sites for hydroxylation is 1. The van der Waals surface area contributed by atoms with E-state index in [1.54, 1.807) is 31.4 Å². The molecule has 0 aromatic heterocycles. The molecule has 0 aliphatic carbocycles. The van der Waals surface area contributed by atoms with Crippen LogP contribution in [0, 0.1) is 0 Å². The van der Waals surface area contributed by atoms with E-state index in [1.165, 1.54) is 0 Å². The van der Waals surface area contributed by atoms with E-state index in [9.17, 15) is 9.59 Å². The number of nitrogens with one attached hydrogen (secondary N) is 1. The molecule has 0 saturated heterocycles. The summed E-state index contributed by atoms with van der Waals surface area (Å²) in [7, 11) is 1.57. The molecule has 1 amide bonds. The van der Waals surface area contributed by atoms with Gasteiger partial charge >= 0.3 is 5.97 Å². The molecule has 5 nitrogen and oxygen atoms in total. The fraction of sp³-hybridized carbons (Fsp3) is 0.200. The van der Waals surface area contributed by atoms with Gasteiger partial charge in [-0.25, -0.2) is 4.79 Å². The number of halogens is 1. The van der Waals surface area contributed by atoms with Crippen molar-refractivity contribution in [3.05, 3.63) is 100 Å². The third kappa shape index (κ3) is 6.96. The Morgan fingerprint density at radius 3 is 2.23 bits per heavy atom. The highest BCUT2D eigenvalue weighted by molar-refractivity contribution is 9.10. The van der Waals surface area contributed by atoms with Crippen LogP contribution < -0.4 is 10.1 Å². The average Bonchev–Trinajstić information content (AvgIpc) is 2.81. The molecule has 3 aromatic carbocycles. The fourth-order valence-corrected chi connectivity index (χ4v) is 3.29. The molecule has 0 bridgehead atoms. The summed E-state index contributed by atoms with van der Waals surface area (Å²) in [5.74, 6) is -0.131. The molecule has 0 heterocycles. The molecular weight excluding hydrogens is 458 g/mol. The van der Waals surface area contributed by atoms with Crippen LogP contribution in [0.15, 0.2) is 83.3 Å². The second kappa shape index (κ2) is 11.3. The fourth-order valence-electron chi connectivity index (χ4n) is 3.02. The number of carbonyl (C=O) groups excluding carboxylic acids is 2. The third-order valence-electron chi connectivity index (χ3n) is 4.80. The highest BCUT2D eigenvalue weighted by atomic mass is 79.9. The van der Waals surface area contributed by atoms with Gasteiger partial charge in [0.25, 0.3) is 5.91 Å². The van der Waals surface area contributed by atoms with E-state index in [0.717, 1.165) is 15.6 Å². The summed E-state index contributed by atoms with van der Waals surface area (Å²) in [4.78, 5) is 25.5. The largest absolute Gasteiger partial charge is 0.497 e. The third-order valence-corrected chi connectivity index (χ3v) is 5.33. The summed E-state index contributed by atoms with van der Waals surface area (Å²) in [5, 5.41) is 2.82. The number of methoxy groups -OCH3 is 1. The number of carbonyl (C=O) groups is 2. The van der Waals surface area contributed by atoms with Crippen LogP contribution in [0.4, 0.5) is 0 Å². The Bertz CT molecular complexity index is 988. The van der Waals surface area contributed by atoms with E-state index in [0.29, 0.717) is 24.2 Å². The van der Waals surface area contributed by atoms with Gasteiger partial charge in [-0.1, -0.05) is 58.4 Å². The molecule has 0 saturated carbocycles. The lowest BCUT2D eigenvalue weighted by Crippen LogP contribution is -2.42. The number of rotatable bonds is 9. The molecule has 0 aliphatic heterocycles. The zero-order chi connectivity index (χ0) is 22.1. The molecule has 6 heteroatoms. The lowest BCUT2D eigenvalue weighted by Gasteiger charge is -2.18. The van der Waals surface area contributed by atoms with Crippen LogP contribution in [0.5, 0.6) is 5.75 Å². The van der Waals surface area contributed by atoms with Gasteiger partial charge in [-0.2, -0.15) is 0 Å². The first-order valence-corrected chi connectivity index (χ1v) is 10.7. The Labute approximate surface area is 190 Å². The van der Waals surface area contributed by atoms with Crippen LogP contribution in [-0.2, 0) is 22.6 Å². The second-order valence-electron chi connectivity index (χ2n) is 7.01. The van der Waals surface area contributed by atoms with Gasteiger partial charge in [0, 0.05) is 10.0 Å². The van der Waals surface area contributed by atoms with Crippen molar-refractivity contribution >= 4 is 27.8 Å². The highest BCUT2D eigenvalue weighted by Crippen LogP contribution is 2.15. The van der Waals surface area contributed by atoms with Gasteiger partial charge in [0.1, 0.15) is 18.4 Å². The van der Waals surface area contributed by atoms with Gasteiger partial charge in [0.05, 0.1) is 7.11 Å². The molecule has 3 aromatic rings. The summed E-state index contributed by atoms with van der Waals surface area (Å²) in [5.41, 5.74) is 2.41. The molecule has 1 N–H and O–H groups in total. The minimum absolute atomic E-state index is 0.160. The van der Waals surface area contributed by atoms with E-state index in [-0.39, 0.29) is 12.5 Å². The van der Waals surface area contributed by atoms with Gasteiger partial charge in [-0.05, 0) is 60.4 Å². The first kappa shape index (κ1) is 22.6. The first-order valence-electron chi connectivity index (χ1n) is 9.95. The maximum absolute atomic E-state index is 12.8. The van der Waals surface area contributed by atoms with Crippen molar-refractivity contribution in [1.29, 1.82) is 0 Å². The standard InChI is InChI=1S/C25H24BrNO4/c1-30-22-14-10-20(11-15-22)24(28)27-23(16-9-18-7-12-21(26)13-8-18)25(29)31-17-19-5-3-2-4-6-19/h2-8,10-15,23H,9,16-17H2,1H3,(H,27,28)/t23-/m1/s1. The summed E-state index contributed by atoms with van der Waals surface area (Å²) < 4.78 is 11.6. The quantitative estimate of drug-likeness (QED) is 0.440. The Balaban J connectivity index is 1.67.